The van der Waals surface area contributed by atoms with Gasteiger partial charge in [-0.15, -0.1) is 0 Å². The first kappa shape index (κ1) is 23.2. The van der Waals surface area contributed by atoms with Crippen LogP contribution in [0.4, 0.5) is 4.79 Å². The Labute approximate surface area is 192 Å². The zero-order valence-corrected chi connectivity index (χ0v) is 20.4. The van der Waals surface area contributed by atoms with Crippen molar-refractivity contribution in [2.24, 2.45) is 28.7 Å². The highest BCUT2D eigenvalue weighted by Gasteiger charge is 2.46. The van der Waals surface area contributed by atoms with Crippen LogP contribution in [0.15, 0.2) is 4.99 Å². The summed E-state index contributed by atoms with van der Waals surface area (Å²) in [6.07, 6.45) is 6.98. The SMILES string of the molecule is CN(C)C(=O)CN=C(NC1CC2CCC1C2)N1CC2CCC(NC(=O)OC(C)(C)C)C2C1. The molecule has 1 aliphatic heterocycles. The Morgan fingerprint density at radius 2 is 1.75 bits per heavy atom. The van der Waals surface area contributed by atoms with E-state index >= 15 is 0 Å². The zero-order chi connectivity index (χ0) is 23.0. The van der Waals surface area contributed by atoms with E-state index in [1.54, 1.807) is 19.0 Å². The molecule has 4 fully saturated rings. The first-order valence-corrected chi connectivity index (χ1v) is 12.3. The lowest BCUT2D eigenvalue weighted by atomic mass is 9.95. The molecule has 0 aromatic carbocycles. The van der Waals surface area contributed by atoms with Crippen LogP contribution in [0.3, 0.4) is 0 Å². The van der Waals surface area contributed by atoms with Gasteiger partial charge in [-0.25, -0.2) is 9.79 Å². The van der Waals surface area contributed by atoms with Gasteiger partial charge in [0, 0.05) is 45.2 Å². The third-order valence-electron chi connectivity index (χ3n) is 7.77. The maximum atomic E-state index is 12.3. The number of aliphatic imine (C=N–C) groups is 1. The van der Waals surface area contributed by atoms with Crippen LogP contribution in [0, 0.1) is 23.7 Å². The molecule has 4 rings (SSSR count). The third-order valence-corrected chi connectivity index (χ3v) is 7.77. The molecular formula is C24H41N5O3. The number of hydrogen-bond acceptors (Lipinski definition) is 4. The predicted octanol–water partition coefficient (Wildman–Crippen LogP) is 2.44. The quantitative estimate of drug-likeness (QED) is 0.511. The summed E-state index contributed by atoms with van der Waals surface area (Å²) in [7, 11) is 3.54. The van der Waals surface area contributed by atoms with Gasteiger partial charge in [0.1, 0.15) is 12.1 Å². The molecule has 8 heteroatoms. The molecule has 0 spiro atoms. The lowest BCUT2D eigenvalue weighted by molar-refractivity contribution is -0.127. The summed E-state index contributed by atoms with van der Waals surface area (Å²) in [6, 6.07) is 0.602. The Morgan fingerprint density at radius 1 is 1.00 bits per heavy atom. The summed E-state index contributed by atoms with van der Waals surface area (Å²) in [4.78, 5) is 33.2. The molecule has 3 saturated carbocycles. The molecule has 0 aromatic heterocycles. The summed E-state index contributed by atoms with van der Waals surface area (Å²) in [5.74, 6) is 3.40. The minimum Gasteiger partial charge on any atom is -0.444 e. The minimum atomic E-state index is -0.493. The summed E-state index contributed by atoms with van der Waals surface area (Å²) in [5.41, 5.74) is -0.493. The summed E-state index contributed by atoms with van der Waals surface area (Å²) in [5, 5.41) is 6.87. The van der Waals surface area contributed by atoms with Crippen molar-refractivity contribution in [3.8, 4) is 0 Å². The monoisotopic (exact) mass is 447 g/mol. The van der Waals surface area contributed by atoms with E-state index in [0.717, 1.165) is 43.7 Å². The van der Waals surface area contributed by atoms with Gasteiger partial charge in [0.25, 0.3) is 0 Å². The second-order valence-corrected chi connectivity index (χ2v) is 11.5. The van der Waals surface area contributed by atoms with Gasteiger partial charge in [-0.3, -0.25) is 4.79 Å². The highest BCUT2D eigenvalue weighted by atomic mass is 16.6. The molecule has 180 valence electrons. The summed E-state index contributed by atoms with van der Waals surface area (Å²) >= 11 is 0. The van der Waals surface area contributed by atoms with Gasteiger partial charge < -0.3 is 25.2 Å². The van der Waals surface area contributed by atoms with Crippen molar-refractivity contribution in [1.82, 2.24) is 20.4 Å². The fourth-order valence-electron chi connectivity index (χ4n) is 6.18. The Hall–Kier alpha value is -1.99. The first-order valence-electron chi connectivity index (χ1n) is 12.3. The molecule has 2 amide bonds. The van der Waals surface area contributed by atoms with E-state index in [1.165, 1.54) is 25.7 Å². The average molecular weight is 448 g/mol. The number of ether oxygens (including phenoxy) is 1. The normalized spacial score (nSPS) is 33.9. The van der Waals surface area contributed by atoms with Crippen molar-refractivity contribution in [2.45, 2.75) is 77.0 Å². The number of fused-ring (bicyclic) bond motifs is 3. The molecule has 3 aliphatic carbocycles. The number of amides is 2. The Bertz CT molecular complexity index is 746. The molecule has 2 N–H and O–H groups in total. The largest absolute Gasteiger partial charge is 0.444 e. The summed E-state index contributed by atoms with van der Waals surface area (Å²) < 4.78 is 5.48. The molecule has 1 heterocycles. The van der Waals surface area contributed by atoms with E-state index in [1.807, 2.05) is 20.8 Å². The smallest absolute Gasteiger partial charge is 0.407 e. The Balaban J connectivity index is 1.41. The maximum absolute atomic E-state index is 12.3. The number of nitrogens with one attached hydrogen (secondary N) is 2. The van der Waals surface area contributed by atoms with Crippen molar-refractivity contribution < 1.29 is 14.3 Å². The highest BCUT2D eigenvalue weighted by molar-refractivity contribution is 5.85. The van der Waals surface area contributed by atoms with Crippen LogP contribution >= 0.6 is 0 Å². The summed E-state index contributed by atoms with van der Waals surface area (Å²) in [6.45, 7) is 7.62. The molecular weight excluding hydrogens is 406 g/mol. The lowest BCUT2D eigenvalue weighted by Crippen LogP contribution is -2.48. The van der Waals surface area contributed by atoms with E-state index in [9.17, 15) is 9.59 Å². The minimum absolute atomic E-state index is 0.0149. The molecule has 32 heavy (non-hydrogen) atoms. The van der Waals surface area contributed by atoms with Gasteiger partial charge in [-0.2, -0.15) is 0 Å². The van der Waals surface area contributed by atoms with Crippen molar-refractivity contribution >= 4 is 18.0 Å². The van der Waals surface area contributed by atoms with Crippen LogP contribution in [0.1, 0.15) is 59.3 Å². The molecule has 6 atom stereocenters. The van der Waals surface area contributed by atoms with Gasteiger partial charge >= 0.3 is 6.09 Å². The molecule has 0 aromatic rings. The number of rotatable bonds is 4. The van der Waals surface area contributed by atoms with Crippen molar-refractivity contribution in [1.29, 1.82) is 0 Å². The molecule has 1 saturated heterocycles. The zero-order valence-electron chi connectivity index (χ0n) is 20.4. The lowest BCUT2D eigenvalue weighted by Gasteiger charge is -2.30. The number of alkyl carbamates (subject to hydrolysis) is 1. The van der Waals surface area contributed by atoms with E-state index in [2.05, 4.69) is 15.5 Å². The number of carbonyl (C=O) groups is 2. The van der Waals surface area contributed by atoms with Gasteiger partial charge in [-0.05, 0) is 70.6 Å². The molecule has 2 bridgehead atoms. The molecule has 0 radical (unpaired) electrons. The average Bonchev–Trinajstić information content (AvgIpc) is 3.45. The predicted molar refractivity (Wildman–Crippen MR) is 124 cm³/mol. The van der Waals surface area contributed by atoms with Crippen LogP contribution in [0.25, 0.3) is 0 Å². The number of nitrogens with zero attached hydrogens (tertiary/aromatic N) is 3. The van der Waals surface area contributed by atoms with E-state index < -0.39 is 5.60 Å². The first-order chi connectivity index (χ1) is 15.1. The Morgan fingerprint density at radius 3 is 2.38 bits per heavy atom. The molecule has 8 nitrogen and oxygen atoms in total. The third kappa shape index (κ3) is 5.31. The molecule has 6 unspecified atom stereocenters. The van der Waals surface area contributed by atoms with E-state index in [-0.39, 0.29) is 24.6 Å². The van der Waals surface area contributed by atoms with Crippen LogP contribution in [0.5, 0.6) is 0 Å². The van der Waals surface area contributed by atoms with Crippen LogP contribution in [0.2, 0.25) is 0 Å². The van der Waals surface area contributed by atoms with E-state index in [4.69, 9.17) is 9.73 Å². The topological polar surface area (TPSA) is 86.3 Å². The van der Waals surface area contributed by atoms with Crippen LogP contribution in [-0.4, -0.2) is 79.2 Å². The molecule has 4 aliphatic rings. The fourth-order valence-corrected chi connectivity index (χ4v) is 6.18. The second-order valence-electron chi connectivity index (χ2n) is 11.5. The van der Waals surface area contributed by atoms with Gasteiger partial charge in [0.15, 0.2) is 5.96 Å². The second kappa shape index (κ2) is 9.10. The fraction of sp³-hybridized carbons (Fsp3) is 0.875. The van der Waals surface area contributed by atoms with E-state index in [0.29, 0.717) is 17.9 Å². The maximum Gasteiger partial charge on any atom is 0.407 e. The number of hydrogen-bond donors (Lipinski definition) is 2. The van der Waals surface area contributed by atoms with Crippen molar-refractivity contribution in [3.63, 3.8) is 0 Å². The number of carbonyl (C=O) groups excluding carboxylic acids is 2. The number of likely N-dealkylation sites (N-methyl/N-ethyl adjacent to an activating group) is 1. The Kier molecular flexibility index (Phi) is 6.59. The van der Waals surface area contributed by atoms with Gasteiger partial charge in [-0.1, -0.05) is 6.42 Å². The van der Waals surface area contributed by atoms with Gasteiger partial charge in [0.05, 0.1) is 0 Å². The van der Waals surface area contributed by atoms with Crippen LogP contribution in [-0.2, 0) is 9.53 Å². The number of guanidine groups is 1. The van der Waals surface area contributed by atoms with Gasteiger partial charge in [0.2, 0.25) is 5.91 Å². The standard InChI is InChI=1S/C24H41N5O3/c1-24(2,3)32-23(31)27-19-9-8-17-13-29(14-18(17)19)22(25-12-21(30)28(4)5)26-20-11-15-6-7-16(20)10-15/h15-20H,6-14H2,1-5H3,(H,25,26)(H,27,31). The van der Waals surface area contributed by atoms with Crippen LogP contribution < -0.4 is 10.6 Å². The van der Waals surface area contributed by atoms with Crippen molar-refractivity contribution in [3.05, 3.63) is 0 Å². The number of likely N-dealkylation sites (tertiary alicyclic amines) is 1. The van der Waals surface area contributed by atoms with Crippen molar-refractivity contribution in [2.75, 3.05) is 33.7 Å². The highest BCUT2D eigenvalue weighted by Crippen LogP contribution is 2.45.